The first-order valence-electron chi connectivity index (χ1n) is 5.53. The van der Waals surface area contributed by atoms with Gasteiger partial charge in [0, 0.05) is 12.5 Å². The summed E-state index contributed by atoms with van der Waals surface area (Å²) >= 11 is 0. The van der Waals surface area contributed by atoms with Crippen LogP contribution in [-0.4, -0.2) is 29.4 Å². The average molecular weight is 215 g/mol. The molecule has 0 aromatic rings. The molecular weight excluding hydrogens is 194 g/mol. The molecule has 1 rings (SSSR count). The molecular formula is C11H21NO3. The smallest absolute Gasteiger partial charge is 0.407 e. The number of alkyl carbamates (subject to hydrolysis) is 1. The summed E-state index contributed by atoms with van der Waals surface area (Å²) in [5, 5.41) is 12.2. The van der Waals surface area contributed by atoms with E-state index in [2.05, 4.69) is 5.32 Å². The predicted octanol–water partition coefficient (Wildman–Crippen LogP) is 1.67. The summed E-state index contributed by atoms with van der Waals surface area (Å²) in [6, 6.07) is 0. The van der Waals surface area contributed by atoms with E-state index < -0.39 is 11.7 Å². The van der Waals surface area contributed by atoms with E-state index in [0.717, 1.165) is 19.3 Å². The third-order valence-electron chi connectivity index (χ3n) is 2.53. The number of carbonyl (C=O) groups excluding carboxylic acids is 1. The Morgan fingerprint density at radius 1 is 1.47 bits per heavy atom. The van der Waals surface area contributed by atoms with Gasteiger partial charge in [-0.25, -0.2) is 4.79 Å². The van der Waals surface area contributed by atoms with Crippen LogP contribution in [0.3, 0.4) is 0 Å². The first kappa shape index (κ1) is 12.3. The van der Waals surface area contributed by atoms with Crippen LogP contribution in [0.25, 0.3) is 0 Å². The third-order valence-corrected chi connectivity index (χ3v) is 2.53. The van der Waals surface area contributed by atoms with Gasteiger partial charge in [-0.1, -0.05) is 6.42 Å². The Labute approximate surface area is 91.0 Å². The van der Waals surface area contributed by atoms with E-state index >= 15 is 0 Å². The summed E-state index contributed by atoms with van der Waals surface area (Å²) in [4.78, 5) is 11.3. The summed E-state index contributed by atoms with van der Waals surface area (Å²) < 4.78 is 5.10. The van der Waals surface area contributed by atoms with Crippen molar-refractivity contribution >= 4 is 6.09 Å². The monoisotopic (exact) mass is 215 g/mol. The molecule has 0 aliphatic heterocycles. The lowest BCUT2D eigenvalue weighted by molar-refractivity contribution is 0.0500. The number of aliphatic hydroxyl groups excluding tert-OH is 1. The van der Waals surface area contributed by atoms with Gasteiger partial charge in [-0.3, -0.25) is 0 Å². The van der Waals surface area contributed by atoms with Crippen LogP contribution in [-0.2, 0) is 4.74 Å². The van der Waals surface area contributed by atoms with Crippen molar-refractivity contribution in [3.05, 3.63) is 0 Å². The lowest BCUT2D eigenvalue weighted by atomic mass is 10.1. The maximum absolute atomic E-state index is 11.3. The minimum absolute atomic E-state index is 0.192. The molecule has 1 saturated carbocycles. The highest BCUT2D eigenvalue weighted by Crippen LogP contribution is 2.24. The predicted molar refractivity (Wildman–Crippen MR) is 57.6 cm³/mol. The molecule has 0 aromatic carbocycles. The molecule has 0 saturated heterocycles. The van der Waals surface area contributed by atoms with Crippen molar-refractivity contribution in [1.82, 2.24) is 5.32 Å². The van der Waals surface area contributed by atoms with E-state index in [1.54, 1.807) is 0 Å². The lowest BCUT2D eigenvalue weighted by Crippen LogP contribution is -2.36. The Balaban J connectivity index is 2.22. The van der Waals surface area contributed by atoms with E-state index in [0.29, 0.717) is 6.54 Å². The molecule has 2 N–H and O–H groups in total. The molecule has 88 valence electrons. The number of amides is 1. The Morgan fingerprint density at radius 3 is 2.60 bits per heavy atom. The van der Waals surface area contributed by atoms with Gasteiger partial charge < -0.3 is 15.2 Å². The summed E-state index contributed by atoms with van der Waals surface area (Å²) in [5.74, 6) is 0.192. The number of ether oxygens (including phenoxy) is 1. The van der Waals surface area contributed by atoms with Crippen LogP contribution in [0.15, 0.2) is 0 Å². The molecule has 1 aliphatic carbocycles. The maximum Gasteiger partial charge on any atom is 0.407 e. The number of hydrogen-bond donors (Lipinski definition) is 2. The van der Waals surface area contributed by atoms with Crippen LogP contribution >= 0.6 is 0 Å². The molecule has 0 bridgehead atoms. The van der Waals surface area contributed by atoms with Crippen LogP contribution in [0.4, 0.5) is 4.79 Å². The molecule has 4 nitrogen and oxygen atoms in total. The van der Waals surface area contributed by atoms with Crippen LogP contribution in [0, 0.1) is 5.92 Å². The zero-order valence-electron chi connectivity index (χ0n) is 9.75. The maximum atomic E-state index is 11.3. The molecule has 15 heavy (non-hydrogen) atoms. The Morgan fingerprint density at radius 2 is 2.13 bits per heavy atom. The highest BCUT2D eigenvalue weighted by atomic mass is 16.6. The second-order valence-corrected chi connectivity index (χ2v) is 5.14. The number of aliphatic hydroxyl groups is 1. The zero-order chi connectivity index (χ0) is 11.5. The van der Waals surface area contributed by atoms with Gasteiger partial charge in [-0.15, -0.1) is 0 Å². The van der Waals surface area contributed by atoms with Gasteiger partial charge in [0.05, 0.1) is 6.10 Å². The van der Waals surface area contributed by atoms with Gasteiger partial charge in [0.15, 0.2) is 0 Å². The van der Waals surface area contributed by atoms with Gasteiger partial charge in [-0.05, 0) is 33.6 Å². The van der Waals surface area contributed by atoms with Crippen molar-refractivity contribution in [2.24, 2.45) is 5.92 Å². The van der Waals surface area contributed by atoms with Crippen LogP contribution in [0.2, 0.25) is 0 Å². The third kappa shape index (κ3) is 4.51. The molecule has 0 aromatic heterocycles. The fraction of sp³-hybridized carbons (Fsp3) is 0.909. The zero-order valence-corrected chi connectivity index (χ0v) is 9.75. The fourth-order valence-electron chi connectivity index (χ4n) is 1.78. The Hall–Kier alpha value is -0.770. The summed E-state index contributed by atoms with van der Waals surface area (Å²) in [5.41, 5.74) is -0.460. The largest absolute Gasteiger partial charge is 0.444 e. The van der Waals surface area contributed by atoms with Gasteiger partial charge in [0.25, 0.3) is 0 Å². The Bertz CT molecular complexity index is 222. The first-order chi connectivity index (χ1) is 6.88. The number of carbonyl (C=O) groups is 1. The summed E-state index contributed by atoms with van der Waals surface area (Å²) in [7, 11) is 0. The minimum atomic E-state index is -0.460. The molecule has 4 heteroatoms. The van der Waals surface area contributed by atoms with E-state index in [1.165, 1.54) is 0 Å². The van der Waals surface area contributed by atoms with E-state index in [1.807, 2.05) is 20.8 Å². The Kier molecular flexibility index (Phi) is 3.97. The standard InChI is InChI=1S/C11H21NO3/c1-11(2,3)15-10(14)12-7-8-5-4-6-9(8)13/h8-9,13H,4-7H2,1-3H3,(H,12,14)/t8-,9+/m1/s1. The topological polar surface area (TPSA) is 58.6 Å². The van der Waals surface area contributed by atoms with Crippen molar-refractivity contribution in [2.45, 2.75) is 51.7 Å². The van der Waals surface area contributed by atoms with Crippen molar-refractivity contribution in [2.75, 3.05) is 6.54 Å². The number of rotatable bonds is 2. The molecule has 1 amide bonds. The average Bonchev–Trinajstić information content (AvgIpc) is 2.44. The molecule has 0 unspecified atom stereocenters. The molecule has 0 spiro atoms. The van der Waals surface area contributed by atoms with Crippen LogP contribution < -0.4 is 5.32 Å². The van der Waals surface area contributed by atoms with Crippen LogP contribution in [0.1, 0.15) is 40.0 Å². The fourth-order valence-corrected chi connectivity index (χ4v) is 1.78. The normalized spacial score (nSPS) is 26.4. The SMILES string of the molecule is CC(C)(C)OC(=O)NC[C@H]1CCC[C@@H]1O. The minimum Gasteiger partial charge on any atom is -0.444 e. The summed E-state index contributed by atoms with van der Waals surface area (Å²) in [6.45, 7) is 6.00. The summed E-state index contributed by atoms with van der Waals surface area (Å²) in [6.07, 6.45) is 2.21. The van der Waals surface area contributed by atoms with Gasteiger partial charge in [0.1, 0.15) is 5.60 Å². The van der Waals surface area contributed by atoms with E-state index in [-0.39, 0.29) is 12.0 Å². The lowest BCUT2D eigenvalue weighted by Gasteiger charge is -2.21. The molecule has 0 radical (unpaired) electrons. The molecule has 2 atom stereocenters. The van der Waals surface area contributed by atoms with E-state index in [9.17, 15) is 9.90 Å². The van der Waals surface area contributed by atoms with Gasteiger partial charge in [0.2, 0.25) is 0 Å². The van der Waals surface area contributed by atoms with Crippen molar-refractivity contribution in [3.63, 3.8) is 0 Å². The highest BCUT2D eigenvalue weighted by molar-refractivity contribution is 5.67. The van der Waals surface area contributed by atoms with Crippen molar-refractivity contribution in [1.29, 1.82) is 0 Å². The highest BCUT2D eigenvalue weighted by Gasteiger charge is 2.26. The quantitative estimate of drug-likeness (QED) is 0.736. The van der Waals surface area contributed by atoms with Gasteiger partial charge >= 0.3 is 6.09 Å². The van der Waals surface area contributed by atoms with Crippen molar-refractivity contribution < 1.29 is 14.6 Å². The van der Waals surface area contributed by atoms with E-state index in [4.69, 9.17) is 4.74 Å². The molecule has 1 fully saturated rings. The van der Waals surface area contributed by atoms with Crippen molar-refractivity contribution in [3.8, 4) is 0 Å². The first-order valence-corrected chi connectivity index (χ1v) is 5.53. The number of nitrogens with one attached hydrogen (secondary N) is 1. The van der Waals surface area contributed by atoms with Crippen LogP contribution in [0.5, 0.6) is 0 Å². The number of hydrogen-bond acceptors (Lipinski definition) is 3. The molecule has 0 heterocycles. The van der Waals surface area contributed by atoms with Gasteiger partial charge in [-0.2, -0.15) is 0 Å². The second kappa shape index (κ2) is 4.84. The molecule has 1 aliphatic rings. The second-order valence-electron chi connectivity index (χ2n) is 5.14.